The topological polar surface area (TPSA) is 37.3 Å². The average Bonchev–Trinajstić information content (AvgIpc) is 0.811. The molecule has 2 nitrogen and oxygen atoms in total. The fraction of sp³-hybridized carbons (Fsp3) is 0.500. The molecule has 0 bridgehead atoms. The van der Waals surface area contributed by atoms with E-state index in [1.54, 1.807) is 0 Å². The van der Waals surface area contributed by atoms with E-state index in [0.29, 0.717) is 0 Å². The second-order valence-electron chi connectivity index (χ2n) is 0.519. The molecule has 0 amide bonds. The summed E-state index contributed by atoms with van der Waals surface area (Å²) in [5.74, 6) is -0.833. The van der Waals surface area contributed by atoms with Crippen molar-refractivity contribution in [3.8, 4) is 0 Å². The smallest absolute Gasteiger partial charge is 1.00 e. The van der Waals surface area contributed by atoms with Gasteiger partial charge in [0.05, 0.1) is 0 Å². The molecule has 0 saturated heterocycles. The summed E-state index contributed by atoms with van der Waals surface area (Å²) in [4.78, 5) is 9.00. The van der Waals surface area contributed by atoms with Crippen LogP contribution in [0.1, 0.15) is 9.78 Å². The first-order valence-corrected chi connectivity index (χ1v) is 0.928. The molecule has 0 atom stereocenters. The average molecular weight is 97.9 g/mol. The van der Waals surface area contributed by atoms with Gasteiger partial charge in [0, 0.05) is 16.8 Å². The minimum absolute atomic E-state index is 0. The van der Waals surface area contributed by atoms with Crippen LogP contribution >= 0.6 is 0 Å². The van der Waals surface area contributed by atoms with Crippen LogP contribution < -0.4 is 29.6 Å². The standard InChI is InChI=1S/C2H4O2.B.Na.H2.H/c1-2(3)4;;;;/h1H3,(H,3,4);;;1H;/q;;+1;;-1/i;;;1+1;. The molecule has 4 heteroatoms. The quantitative estimate of drug-likeness (QED) is 0.329. The van der Waals surface area contributed by atoms with Gasteiger partial charge in [-0.2, -0.15) is 0 Å². The van der Waals surface area contributed by atoms with E-state index >= 15 is 0 Å². The van der Waals surface area contributed by atoms with Gasteiger partial charge in [0.15, 0.2) is 0 Å². The first kappa shape index (κ1) is 16.0. The Morgan fingerprint density at radius 1 is 2.00 bits per heavy atom. The van der Waals surface area contributed by atoms with E-state index in [1.807, 2.05) is 0 Å². The van der Waals surface area contributed by atoms with Crippen LogP contribution in [0.25, 0.3) is 0 Å². The molecule has 0 aromatic carbocycles. The summed E-state index contributed by atoms with van der Waals surface area (Å²) in [6.07, 6.45) is 0. The molecule has 0 aliphatic carbocycles. The Morgan fingerprint density at radius 2 is 2.00 bits per heavy atom. The van der Waals surface area contributed by atoms with Crippen molar-refractivity contribution in [3.05, 3.63) is 0 Å². The molecular weight excluding hydrogens is 89.8 g/mol. The first-order chi connectivity index (χ1) is 1.73. The van der Waals surface area contributed by atoms with Gasteiger partial charge in [-0.05, 0) is 0 Å². The maximum atomic E-state index is 9.00. The molecule has 0 heterocycles. The molecule has 6 heavy (non-hydrogen) atoms. The van der Waals surface area contributed by atoms with Gasteiger partial charge < -0.3 is 6.53 Å². The van der Waals surface area contributed by atoms with Crippen LogP contribution in [0.3, 0.4) is 0 Å². The normalized spacial score (nSPS) is 4.17. The molecule has 0 rings (SSSR count). The van der Waals surface area contributed by atoms with Crippen molar-refractivity contribution < 1.29 is 42.3 Å². The third-order valence-electron chi connectivity index (χ3n) is 0. The van der Waals surface area contributed by atoms with E-state index in [4.69, 9.17) is 9.90 Å². The molecule has 1 N–H and O–H groups in total. The largest absolute Gasteiger partial charge is 1.00 e. The maximum absolute atomic E-state index is 9.00. The number of carboxylic acids is 1. The number of hydrogen-bond donors (Lipinski definition) is 1. The predicted octanol–water partition coefficient (Wildman–Crippen LogP) is -2.93. The van der Waals surface area contributed by atoms with Gasteiger partial charge in [0.2, 0.25) is 0 Å². The van der Waals surface area contributed by atoms with Gasteiger partial charge >= 0.3 is 29.6 Å². The summed E-state index contributed by atoms with van der Waals surface area (Å²) >= 11 is 0. The fourth-order valence-electron chi connectivity index (χ4n) is 0. The van der Waals surface area contributed by atoms with E-state index < -0.39 is 5.97 Å². The summed E-state index contributed by atoms with van der Waals surface area (Å²) < 4.78 is 0. The molecule has 31 valence electrons. The Bertz CT molecular complexity index is 41.0. The number of carboxylic acid groups (broad SMARTS) is 1. The van der Waals surface area contributed by atoms with Crippen molar-refractivity contribution in [1.82, 2.24) is 0 Å². The molecule has 0 aliphatic heterocycles. The number of hydrogen-bond acceptors (Lipinski definition) is 1. The molecule has 0 unspecified atom stereocenters. The molecule has 0 aromatic heterocycles. The zero-order valence-electron chi connectivity index (χ0n) is 4.93. The second-order valence-corrected chi connectivity index (χ2v) is 0.519. The first-order valence-electron chi connectivity index (χ1n) is 0.928. The van der Waals surface area contributed by atoms with Crippen LogP contribution in [-0.2, 0) is 4.79 Å². The van der Waals surface area contributed by atoms with Crippen molar-refractivity contribution in [2.45, 2.75) is 6.92 Å². The van der Waals surface area contributed by atoms with E-state index in [0.717, 1.165) is 6.92 Å². The van der Waals surface area contributed by atoms with Crippen LogP contribution in [0, 0.1) is 0 Å². The monoisotopic (exact) mass is 98.0 g/mol. The summed E-state index contributed by atoms with van der Waals surface area (Å²) in [7, 11) is 0. The number of aliphatic carboxylic acids is 1. The summed E-state index contributed by atoms with van der Waals surface area (Å²) in [5, 5.41) is 7.42. The zero-order chi connectivity index (χ0) is 3.58. The SMILES string of the molecule is CC(=O)O.[2HH].[B].[H-].[Na+]. The Morgan fingerprint density at radius 3 is 2.00 bits per heavy atom. The molecule has 0 spiro atoms. The van der Waals surface area contributed by atoms with Gasteiger partial charge in [-0.3, -0.25) is 4.79 Å². The molecule has 3 radical (unpaired) electrons. The van der Waals surface area contributed by atoms with Crippen LogP contribution in [0.15, 0.2) is 0 Å². The summed E-state index contributed by atoms with van der Waals surface area (Å²) in [6.45, 7) is 1.08. The Hall–Kier alpha value is 0.535. The molecule has 0 fully saturated rings. The van der Waals surface area contributed by atoms with Gasteiger partial charge in [-0.15, -0.1) is 0 Å². The molecule has 0 aliphatic rings. The third-order valence-corrected chi connectivity index (χ3v) is 0. The number of rotatable bonds is 0. The van der Waals surface area contributed by atoms with E-state index in [2.05, 4.69) is 0 Å². The van der Waals surface area contributed by atoms with Crippen LogP contribution in [-0.4, -0.2) is 19.5 Å². The minimum atomic E-state index is -0.833. The van der Waals surface area contributed by atoms with Crippen molar-refractivity contribution in [2.75, 3.05) is 0 Å². The van der Waals surface area contributed by atoms with Crippen LogP contribution in [0.5, 0.6) is 0 Å². The van der Waals surface area contributed by atoms with E-state index in [9.17, 15) is 0 Å². The van der Waals surface area contributed by atoms with E-state index in [1.165, 1.54) is 0 Å². The Kier molecular flexibility index (Phi) is 24.3. The zero-order valence-corrected chi connectivity index (χ0v) is 5.93. The van der Waals surface area contributed by atoms with Crippen LogP contribution in [0.4, 0.5) is 0 Å². The van der Waals surface area contributed by atoms with E-state index in [-0.39, 0.29) is 40.8 Å². The van der Waals surface area contributed by atoms with Gasteiger partial charge in [-0.25, -0.2) is 0 Å². The summed E-state index contributed by atoms with van der Waals surface area (Å²) in [6, 6.07) is 0. The minimum Gasteiger partial charge on any atom is -1.00 e. The molecule has 0 saturated carbocycles. The molecule has 0 aromatic rings. The van der Waals surface area contributed by atoms with Crippen molar-refractivity contribution in [1.29, 1.82) is 0 Å². The van der Waals surface area contributed by atoms with Crippen molar-refractivity contribution >= 4 is 14.4 Å². The predicted molar refractivity (Wildman–Crippen MR) is 22.3 cm³/mol. The number of carbonyl (C=O) groups is 1. The van der Waals surface area contributed by atoms with Crippen LogP contribution in [0.2, 0.25) is 0 Å². The Balaban J connectivity index is -0.00000000750. The van der Waals surface area contributed by atoms with Crippen molar-refractivity contribution in [3.63, 3.8) is 0 Å². The van der Waals surface area contributed by atoms with Gasteiger partial charge in [-0.1, -0.05) is 0 Å². The van der Waals surface area contributed by atoms with Gasteiger partial charge in [0.1, 0.15) is 0 Å². The Labute approximate surface area is 63.8 Å². The maximum Gasteiger partial charge on any atom is 1.00 e. The molecular formula is C2H7BNaO2. The fourth-order valence-corrected chi connectivity index (χ4v) is 0. The van der Waals surface area contributed by atoms with Gasteiger partial charge in [0.25, 0.3) is 5.97 Å². The third kappa shape index (κ3) is 198. The van der Waals surface area contributed by atoms with Crippen molar-refractivity contribution in [2.24, 2.45) is 0 Å². The summed E-state index contributed by atoms with van der Waals surface area (Å²) in [5.41, 5.74) is 0. The second kappa shape index (κ2) is 9.11.